The molecule has 8 rings (SSSR count). The first-order chi connectivity index (χ1) is 46.2. The standard InChI is InChI=1S/C62H76O35/c1-27(67)83-24-39-51(86-29(3)69)53(92-58-48(79)46(77)43(74)36(21-64)87-58)50(81)60(89-39)93-54-52(91-42(73)18-13-31-11-16-35(71)33(19-31)20-63)40(25-84-28(2)68)90-61(55(54)94-59-49(80)47(78)44(75)37(22-65)88-59)97-62(26-85-41(72)17-12-30-9-14-34(70)15-10-30)56(45(76)38(23-66)96-62)95-57(82)32-7-5-4-6-8-32/h4-19,36-40,43-56,58-61,63-66,70-71,74-81H,20-26H2,1-3H3/b17-12+,18-13+. The molecular formula is C62H76O35. The lowest BCUT2D eigenvalue weighted by atomic mass is 9.95. The van der Waals surface area contributed by atoms with Crippen molar-refractivity contribution in [3.05, 3.63) is 107 Å². The van der Waals surface area contributed by atoms with Gasteiger partial charge in [-0.2, -0.15) is 0 Å². The molecule has 97 heavy (non-hydrogen) atoms. The lowest BCUT2D eigenvalue weighted by molar-refractivity contribution is -0.423. The number of aromatic hydroxyl groups is 2. The summed E-state index contributed by atoms with van der Waals surface area (Å²) in [7, 11) is 0. The second-order valence-corrected chi connectivity index (χ2v) is 22.7. The summed E-state index contributed by atoms with van der Waals surface area (Å²) in [4.78, 5) is 80.9. The Bertz CT molecular complexity index is 3180. The number of carbonyl (C=O) groups is 6. The van der Waals surface area contributed by atoms with Crippen molar-refractivity contribution in [2.24, 2.45) is 0 Å². The van der Waals surface area contributed by atoms with E-state index in [0.29, 0.717) is 5.56 Å². The van der Waals surface area contributed by atoms with Gasteiger partial charge >= 0.3 is 35.8 Å². The van der Waals surface area contributed by atoms with E-state index in [1.165, 1.54) is 72.8 Å². The van der Waals surface area contributed by atoms with Crippen LogP contribution in [0.15, 0.2) is 84.9 Å². The SMILES string of the molecule is CC(=O)OCC1OC(OC2C(OC(=O)/C=C/c3ccc(O)c(CO)c3)C(COC(C)=O)OC(OC3(COC(=O)/C=C/c4ccc(O)cc4)OC(CO)C(O)C3OC(=O)c3ccccc3)C2OC2OC(CO)C(O)C(O)C2O)C(O)C(OC2OC(CO)C(O)C(O)C2O)C1OC(C)=O. The zero-order valence-corrected chi connectivity index (χ0v) is 51.8. The molecule has 0 bridgehead atoms. The molecule has 5 aliphatic heterocycles. The lowest BCUT2D eigenvalue weighted by Gasteiger charge is -2.51. The van der Waals surface area contributed by atoms with Gasteiger partial charge in [0.1, 0.15) is 129 Å². The van der Waals surface area contributed by atoms with Crippen molar-refractivity contribution >= 4 is 48.0 Å². The molecule has 0 spiro atoms. The number of phenolic OH excluding ortho intramolecular Hbond substituents is 1. The smallest absolute Gasteiger partial charge is 0.338 e. The highest BCUT2D eigenvalue weighted by Crippen LogP contribution is 2.43. The second kappa shape index (κ2) is 34.0. The average Bonchev–Trinajstić information content (AvgIpc) is 1.73. The molecule has 0 radical (unpaired) electrons. The highest BCUT2D eigenvalue weighted by atomic mass is 16.8. The minimum absolute atomic E-state index is 0.00683. The fourth-order valence-corrected chi connectivity index (χ4v) is 10.9. The molecular weight excluding hydrogens is 1300 g/mol. The van der Waals surface area contributed by atoms with Crippen molar-refractivity contribution in [2.45, 2.75) is 174 Å². The molecule has 0 saturated carbocycles. The molecule has 24 atom stereocenters. The summed E-state index contributed by atoms with van der Waals surface area (Å²) in [6, 6.07) is 16.2. The van der Waals surface area contributed by atoms with Crippen molar-refractivity contribution in [1.29, 1.82) is 0 Å². The zero-order valence-electron chi connectivity index (χ0n) is 51.8. The fourth-order valence-electron chi connectivity index (χ4n) is 10.9. The first-order valence-corrected chi connectivity index (χ1v) is 30.1. The number of hydrogen-bond acceptors (Lipinski definition) is 35. The molecule has 5 fully saturated rings. The van der Waals surface area contributed by atoms with Crippen LogP contribution in [-0.2, 0) is 102 Å². The molecule has 5 aliphatic rings. The number of benzene rings is 3. The fraction of sp³-hybridized carbons (Fsp3) is 0.548. The van der Waals surface area contributed by atoms with Crippen molar-refractivity contribution in [3.63, 3.8) is 0 Å². The number of ether oxygens (including phenoxy) is 15. The molecule has 3 aromatic rings. The van der Waals surface area contributed by atoms with Gasteiger partial charge in [-0.3, -0.25) is 14.4 Å². The van der Waals surface area contributed by atoms with Crippen LogP contribution in [0.1, 0.15) is 47.8 Å². The van der Waals surface area contributed by atoms with E-state index in [-0.39, 0.29) is 28.2 Å². The maximum atomic E-state index is 14.5. The Balaban J connectivity index is 1.33. The maximum Gasteiger partial charge on any atom is 0.338 e. The molecule has 14 N–H and O–H groups in total. The first kappa shape index (κ1) is 75.5. The Morgan fingerprint density at radius 3 is 1.54 bits per heavy atom. The molecule has 0 amide bonds. The van der Waals surface area contributed by atoms with Gasteiger partial charge in [-0.05, 0) is 59.7 Å². The van der Waals surface area contributed by atoms with E-state index < -0.39 is 229 Å². The molecule has 3 aromatic carbocycles. The Morgan fingerprint density at radius 2 is 0.979 bits per heavy atom. The zero-order chi connectivity index (χ0) is 70.6. The van der Waals surface area contributed by atoms with E-state index >= 15 is 0 Å². The molecule has 5 heterocycles. The third-order valence-electron chi connectivity index (χ3n) is 15.9. The van der Waals surface area contributed by atoms with Crippen LogP contribution >= 0.6 is 0 Å². The van der Waals surface area contributed by atoms with E-state index in [2.05, 4.69) is 0 Å². The maximum absolute atomic E-state index is 14.5. The summed E-state index contributed by atoms with van der Waals surface area (Å²) in [5, 5.41) is 153. The largest absolute Gasteiger partial charge is 0.508 e. The van der Waals surface area contributed by atoms with Crippen LogP contribution in [-0.4, -0.2) is 294 Å². The van der Waals surface area contributed by atoms with Gasteiger partial charge < -0.3 is 143 Å². The molecule has 35 nitrogen and oxygen atoms in total. The Morgan fingerprint density at radius 1 is 0.474 bits per heavy atom. The average molecular weight is 1380 g/mol. The molecule has 24 unspecified atom stereocenters. The summed E-state index contributed by atoms with van der Waals surface area (Å²) < 4.78 is 90.1. The van der Waals surface area contributed by atoms with Gasteiger partial charge in [0.25, 0.3) is 0 Å². The van der Waals surface area contributed by atoms with Crippen LogP contribution in [0.2, 0.25) is 0 Å². The third kappa shape index (κ3) is 18.5. The topological polar surface area (TPSA) is 524 Å². The summed E-state index contributed by atoms with van der Waals surface area (Å²) in [5.74, 6) is -10.5. The summed E-state index contributed by atoms with van der Waals surface area (Å²) in [5.41, 5.74) is 0.345. The molecule has 5 saturated heterocycles. The minimum atomic E-state index is -3.04. The number of esters is 6. The van der Waals surface area contributed by atoms with Crippen LogP contribution in [0.3, 0.4) is 0 Å². The van der Waals surface area contributed by atoms with Crippen LogP contribution in [0.5, 0.6) is 11.5 Å². The van der Waals surface area contributed by atoms with Gasteiger partial charge in [-0.1, -0.05) is 36.4 Å². The van der Waals surface area contributed by atoms with E-state index in [0.717, 1.165) is 39.0 Å². The van der Waals surface area contributed by atoms with Gasteiger partial charge in [0.2, 0.25) is 5.79 Å². The van der Waals surface area contributed by atoms with Crippen LogP contribution < -0.4 is 0 Å². The van der Waals surface area contributed by atoms with Crippen LogP contribution in [0, 0.1) is 0 Å². The summed E-state index contributed by atoms with van der Waals surface area (Å²) >= 11 is 0. The number of phenols is 2. The number of rotatable bonds is 26. The Hall–Kier alpha value is -7.28. The third-order valence-corrected chi connectivity index (χ3v) is 15.9. The highest BCUT2D eigenvalue weighted by Gasteiger charge is 2.65. The van der Waals surface area contributed by atoms with Gasteiger partial charge in [-0.25, -0.2) is 14.4 Å². The normalized spacial score (nSPS) is 35.2. The first-order valence-electron chi connectivity index (χ1n) is 30.1. The predicted octanol–water partition coefficient (Wildman–Crippen LogP) is -4.91. The molecule has 0 aromatic heterocycles. The van der Waals surface area contributed by atoms with Crippen molar-refractivity contribution in [3.8, 4) is 11.5 Å². The van der Waals surface area contributed by atoms with Gasteiger partial charge in [0.05, 0.1) is 32.0 Å². The van der Waals surface area contributed by atoms with Gasteiger partial charge in [-0.15, -0.1) is 0 Å². The van der Waals surface area contributed by atoms with Gasteiger partial charge in [0.15, 0.2) is 43.5 Å². The molecule has 0 aliphatic carbocycles. The quantitative estimate of drug-likeness (QED) is 0.0203. The summed E-state index contributed by atoms with van der Waals surface area (Å²) in [6.45, 7) is -4.44. The minimum Gasteiger partial charge on any atom is -0.508 e. The molecule has 534 valence electrons. The lowest BCUT2D eigenvalue weighted by Crippen LogP contribution is -2.70. The van der Waals surface area contributed by atoms with E-state index in [1.54, 1.807) is 6.07 Å². The van der Waals surface area contributed by atoms with Crippen molar-refractivity contribution < 1.29 is 171 Å². The highest BCUT2D eigenvalue weighted by molar-refractivity contribution is 5.90. The molecule has 35 heteroatoms. The van der Waals surface area contributed by atoms with E-state index in [9.17, 15) is 100 Å². The summed E-state index contributed by atoms with van der Waals surface area (Å²) in [6.07, 6.45) is -46.4. The number of aliphatic hydroxyl groups is 12. The van der Waals surface area contributed by atoms with Crippen LogP contribution in [0.4, 0.5) is 0 Å². The predicted molar refractivity (Wildman–Crippen MR) is 313 cm³/mol. The van der Waals surface area contributed by atoms with Gasteiger partial charge in [0, 0.05) is 38.5 Å². The second-order valence-electron chi connectivity index (χ2n) is 22.7. The van der Waals surface area contributed by atoms with Crippen LogP contribution in [0.25, 0.3) is 12.2 Å². The monoisotopic (exact) mass is 1380 g/mol. The Kier molecular flexibility index (Phi) is 26.5. The van der Waals surface area contributed by atoms with E-state index in [4.69, 9.17) is 71.1 Å². The van der Waals surface area contributed by atoms with Crippen molar-refractivity contribution in [2.75, 3.05) is 39.6 Å². The number of aliphatic hydroxyl groups excluding tert-OH is 12. The Labute approximate surface area is 550 Å². The number of carbonyl (C=O) groups excluding carboxylic acids is 6. The van der Waals surface area contributed by atoms with E-state index in [1.807, 2.05) is 0 Å². The number of hydrogen-bond donors (Lipinski definition) is 14. The van der Waals surface area contributed by atoms with Crippen molar-refractivity contribution in [1.82, 2.24) is 0 Å².